The fraction of sp³-hybridized carbons (Fsp3) is 0.267. The summed E-state index contributed by atoms with van der Waals surface area (Å²) in [5.74, 6) is 0.933. The molecule has 0 saturated carbocycles. The van der Waals surface area contributed by atoms with E-state index in [1.54, 1.807) is 0 Å². The molecular formula is C15H17N3O. The molecule has 2 aromatic heterocycles. The average molecular weight is 255 g/mol. The predicted octanol–water partition coefficient (Wildman–Crippen LogP) is 2.94. The standard InChI is InChI=1S/C15H17N3O/c1-2-19-14-3-4-15-13(11-14)5-7-18(15)10-9-17-8-6-16-12-17/h3-8,11-12H,2,9-10H2,1H3. The van der Waals surface area contributed by atoms with Crippen molar-refractivity contribution in [3.05, 3.63) is 49.2 Å². The molecule has 0 amide bonds. The molecule has 0 aliphatic heterocycles. The summed E-state index contributed by atoms with van der Waals surface area (Å²) in [7, 11) is 0. The maximum atomic E-state index is 5.52. The molecule has 1 aromatic carbocycles. The van der Waals surface area contributed by atoms with Gasteiger partial charge in [-0.3, -0.25) is 0 Å². The third-order valence-electron chi connectivity index (χ3n) is 3.21. The van der Waals surface area contributed by atoms with Crippen LogP contribution in [0.25, 0.3) is 10.9 Å². The van der Waals surface area contributed by atoms with Crippen LogP contribution in [0.2, 0.25) is 0 Å². The Bertz CT molecular complexity index is 655. The number of hydrogen-bond acceptors (Lipinski definition) is 2. The number of fused-ring (bicyclic) bond motifs is 1. The molecule has 0 radical (unpaired) electrons. The Labute approximate surface area is 112 Å². The zero-order chi connectivity index (χ0) is 13.1. The summed E-state index contributed by atoms with van der Waals surface area (Å²) in [6.07, 6.45) is 7.76. The molecule has 4 heteroatoms. The number of ether oxygens (including phenoxy) is 1. The van der Waals surface area contributed by atoms with Crippen LogP contribution in [-0.4, -0.2) is 20.7 Å². The van der Waals surface area contributed by atoms with Crippen LogP contribution in [0.1, 0.15) is 6.92 Å². The summed E-state index contributed by atoms with van der Waals surface area (Å²) in [6.45, 7) is 4.57. The van der Waals surface area contributed by atoms with Crippen molar-refractivity contribution >= 4 is 10.9 Å². The Morgan fingerprint density at radius 2 is 2.11 bits per heavy atom. The van der Waals surface area contributed by atoms with Crippen molar-refractivity contribution in [3.63, 3.8) is 0 Å². The van der Waals surface area contributed by atoms with Gasteiger partial charge in [0.25, 0.3) is 0 Å². The van der Waals surface area contributed by atoms with E-state index in [1.807, 2.05) is 31.7 Å². The van der Waals surface area contributed by atoms with E-state index in [9.17, 15) is 0 Å². The number of aryl methyl sites for hydroxylation is 2. The first-order valence-corrected chi connectivity index (χ1v) is 6.54. The molecule has 3 aromatic rings. The first-order chi connectivity index (χ1) is 9.36. The largest absolute Gasteiger partial charge is 0.494 e. The quantitative estimate of drug-likeness (QED) is 0.702. The first-order valence-electron chi connectivity index (χ1n) is 6.54. The lowest BCUT2D eigenvalue weighted by Gasteiger charge is -2.07. The Kier molecular flexibility index (Phi) is 3.23. The summed E-state index contributed by atoms with van der Waals surface area (Å²) >= 11 is 0. The topological polar surface area (TPSA) is 32.0 Å². The lowest BCUT2D eigenvalue weighted by atomic mass is 10.2. The van der Waals surface area contributed by atoms with Crippen LogP contribution in [0.15, 0.2) is 49.2 Å². The smallest absolute Gasteiger partial charge is 0.120 e. The minimum atomic E-state index is 0.701. The van der Waals surface area contributed by atoms with E-state index in [1.165, 1.54) is 10.9 Å². The second-order valence-corrected chi connectivity index (χ2v) is 4.46. The molecule has 2 heterocycles. The predicted molar refractivity (Wildman–Crippen MR) is 75.3 cm³/mol. The maximum absolute atomic E-state index is 5.52. The van der Waals surface area contributed by atoms with E-state index >= 15 is 0 Å². The van der Waals surface area contributed by atoms with Gasteiger partial charge < -0.3 is 13.9 Å². The summed E-state index contributed by atoms with van der Waals surface area (Å²) in [4.78, 5) is 4.05. The first kappa shape index (κ1) is 11.8. The average Bonchev–Trinajstić information content (AvgIpc) is 3.05. The van der Waals surface area contributed by atoms with Crippen molar-refractivity contribution in [3.8, 4) is 5.75 Å². The third-order valence-corrected chi connectivity index (χ3v) is 3.21. The van der Waals surface area contributed by atoms with Crippen molar-refractivity contribution in [2.45, 2.75) is 20.0 Å². The fourth-order valence-corrected chi connectivity index (χ4v) is 2.27. The minimum Gasteiger partial charge on any atom is -0.494 e. The zero-order valence-electron chi connectivity index (χ0n) is 11.0. The number of nitrogens with zero attached hydrogens (tertiary/aromatic N) is 3. The molecule has 19 heavy (non-hydrogen) atoms. The summed E-state index contributed by atoms with van der Waals surface area (Å²) < 4.78 is 9.86. The van der Waals surface area contributed by atoms with Crippen molar-refractivity contribution in [1.82, 2.24) is 14.1 Å². The van der Waals surface area contributed by atoms with Gasteiger partial charge in [0.15, 0.2) is 0 Å². The minimum absolute atomic E-state index is 0.701. The van der Waals surface area contributed by atoms with Crippen LogP contribution in [0.5, 0.6) is 5.75 Å². The monoisotopic (exact) mass is 255 g/mol. The van der Waals surface area contributed by atoms with Crippen LogP contribution < -0.4 is 4.74 Å². The number of benzene rings is 1. The van der Waals surface area contributed by atoms with Gasteiger partial charge in [-0.05, 0) is 31.2 Å². The van der Waals surface area contributed by atoms with E-state index in [2.05, 4.69) is 38.5 Å². The van der Waals surface area contributed by atoms with Gasteiger partial charge >= 0.3 is 0 Å². The van der Waals surface area contributed by atoms with E-state index in [4.69, 9.17) is 4.74 Å². The van der Waals surface area contributed by atoms with E-state index < -0.39 is 0 Å². The normalized spacial score (nSPS) is 11.0. The fourth-order valence-electron chi connectivity index (χ4n) is 2.27. The SMILES string of the molecule is CCOc1ccc2c(ccn2CCn2ccnc2)c1. The van der Waals surface area contributed by atoms with Gasteiger partial charge in [-0.2, -0.15) is 0 Å². The van der Waals surface area contributed by atoms with Crippen LogP contribution in [0, 0.1) is 0 Å². The lowest BCUT2D eigenvalue weighted by molar-refractivity contribution is 0.340. The molecule has 0 unspecified atom stereocenters. The molecule has 0 atom stereocenters. The van der Waals surface area contributed by atoms with Crippen LogP contribution in [-0.2, 0) is 13.1 Å². The Morgan fingerprint density at radius 1 is 1.16 bits per heavy atom. The van der Waals surface area contributed by atoms with Gasteiger partial charge in [-0.25, -0.2) is 4.98 Å². The molecule has 98 valence electrons. The third kappa shape index (κ3) is 2.47. The molecule has 0 spiro atoms. The van der Waals surface area contributed by atoms with Crippen LogP contribution in [0.3, 0.4) is 0 Å². The summed E-state index contributed by atoms with van der Waals surface area (Å²) in [6, 6.07) is 8.37. The number of hydrogen-bond donors (Lipinski definition) is 0. The van der Waals surface area contributed by atoms with Crippen molar-refractivity contribution in [1.29, 1.82) is 0 Å². The zero-order valence-corrected chi connectivity index (χ0v) is 11.0. The molecule has 4 nitrogen and oxygen atoms in total. The highest BCUT2D eigenvalue weighted by Crippen LogP contribution is 2.22. The molecule has 0 saturated heterocycles. The molecular weight excluding hydrogens is 238 g/mol. The van der Waals surface area contributed by atoms with E-state index in [0.717, 1.165) is 18.8 Å². The Morgan fingerprint density at radius 3 is 2.89 bits per heavy atom. The van der Waals surface area contributed by atoms with Gasteiger partial charge in [-0.1, -0.05) is 0 Å². The van der Waals surface area contributed by atoms with E-state index in [0.29, 0.717) is 6.61 Å². The highest BCUT2D eigenvalue weighted by atomic mass is 16.5. The van der Waals surface area contributed by atoms with Crippen molar-refractivity contribution in [2.75, 3.05) is 6.61 Å². The molecule has 3 rings (SSSR count). The molecule has 0 fully saturated rings. The Hall–Kier alpha value is -2.23. The number of aromatic nitrogens is 3. The summed E-state index contributed by atoms with van der Waals surface area (Å²) in [5.41, 5.74) is 1.24. The molecule has 0 bridgehead atoms. The molecule has 0 aliphatic carbocycles. The molecule has 0 N–H and O–H groups in total. The van der Waals surface area contributed by atoms with Crippen LogP contribution >= 0.6 is 0 Å². The number of rotatable bonds is 5. The van der Waals surface area contributed by atoms with Gasteiger partial charge in [0, 0.05) is 42.6 Å². The van der Waals surface area contributed by atoms with Gasteiger partial charge in [-0.15, -0.1) is 0 Å². The second kappa shape index (κ2) is 5.18. The van der Waals surface area contributed by atoms with E-state index in [-0.39, 0.29) is 0 Å². The lowest BCUT2D eigenvalue weighted by Crippen LogP contribution is -2.04. The second-order valence-electron chi connectivity index (χ2n) is 4.46. The van der Waals surface area contributed by atoms with Crippen molar-refractivity contribution in [2.24, 2.45) is 0 Å². The van der Waals surface area contributed by atoms with Gasteiger partial charge in [0.1, 0.15) is 5.75 Å². The van der Waals surface area contributed by atoms with Gasteiger partial charge in [0.05, 0.1) is 12.9 Å². The highest BCUT2D eigenvalue weighted by Gasteiger charge is 2.02. The van der Waals surface area contributed by atoms with Crippen LogP contribution in [0.4, 0.5) is 0 Å². The van der Waals surface area contributed by atoms with Gasteiger partial charge in [0.2, 0.25) is 0 Å². The highest BCUT2D eigenvalue weighted by molar-refractivity contribution is 5.81. The van der Waals surface area contributed by atoms with Crippen molar-refractivity contribution < 1.29 is 4.74 Å². The number of imidazole rings is 1. The Balaban J connectivity index is 1.80. The summed E-state index contributed by atoms with van der Waals surface area (Å²) in [5, 5.41) is 1.22. The molecule has 0 aliphatic rings. The maximum Gasteiger partial charge on any atom is 0.120 e.